The smallest absolute Gasteiger partial charge is 0.260 e. The Balaban J connectivity index is 1.79. The fourth-order valence-corrected chi connectivity index (χ4v) is 3.88. The lowest BCUT2D eigenvalue weighted by molar-refractivity contribution is 0.0264. The van der Waals surface area contributed by atoms with Crippen molar-refractivity contribution in [2.45, 2.75) is 12.8 Å². The molecular formula is C24H32ClN3O4. The first-order valence-electron chi connectivity index (χ1n) is 11.0. The largest absolute Gasteiger partial charge is 0.382 e. The van der Waals surface area contributed by atoms with Crippen LogP contribution in [0.5, 0.6) is 0 Å². The van der Waals surface area contributed by atoms with Gasteiger partial charge < -0.3 is 29.7 Å². The zero-order valence-corrected chi connectivity index (χ0v) is 19.4. The maximum absolute atomic E-state index is 13.6. The van der Waals surface area contributed by atoms with Crippen molar-refractivity contribution in [2.75, 3.05) is 69.6 Å². The second kappa shape index (κ2) is 12.8. The first-order chi connectivity index (χ1) is 15.7. The Morgan fingerprint density at radius 3 is 2.25 bits per heavy atom. The van der Waals surface area contributed by atoms with Crippen molar-refractivity contribution in [2.24, 2.45) is 5.73 Å². The highest BCUT2D eigenvalue weighted by atomic mass is 35.5. The molecule has 2 N–H and O–H groups in total. The lowest BCUT2D eigenvalue weighted by Gasteiger charge is -2.27. The number of fused-ring (bicyclic) bond motifs is 2. The van der Waals surface area contributed by atoms with E-state index in [1.807, 2.05) is 30.3 Å². The highest BCUT2D eigenvalue weighted by Crippen LogP contribution is 2.41. The predicted molar refractivity (Wildman–Crippen MR) is 128 cm³/mol. The third-order valence-corrected chi connectivity index (χ3v) is 5.52. The molecule has 2 aromatic carbocycles. The Bertz CT molecular complexity index is 880. The van der Waals surface area contributed by atoms with Crippen molar-refractivity contribution in [1.29, 1.82) is 0 Å². The Labute approximate surface area is 195 Å². The Morgan fingerprint density at radius 1 is 0.844 bits per heavy atom. The summed E-state index contributed by atoms with van der Waals surface area (Å²) >= 11 is 6.32. The number of nitrogens with two attached hydrogens (primary N) is 1. The summed E-state index contributed by atoms with van der Waals surface area (Å²) in [6.45, 7) is 4.28. The molecule has 0 saturated heterocycles. The van der Waals surface area contributed by atoms with Crippen molar-refractivity contribution in [3.8, 4) is 0 Å². The Hall–Kier alpha value is -2.16. The lowest BCUT2D eigenvalue weighted by Crippen LogP contribution is -2.33. The van der Waals surface area contributed by atoms with Gasteiger partial charge in [0.25, 0.3) is 5.91 Å². The molecule has 2 aromatic rings. The van der Waals surface area contributed by atoms with Gasteiger partial charge in [-0.25, -0.2) is 0 Å². The summed E-state index contributed by atoms with van der Waals surface area (Å²) in [5, 5.41) is 0.600. The number of para-hydroxylation sites is 2. The van der Waals surface area contributed by atoms with E-state index in [1.165, 1.54) is 0 Å². The van der Waals surface area contributed by atoms with E-state index in [1.54, 1.807) is 24.1 Å². The minimum absolute atomic E-state index is 0.0645. The molecule has 0 saturated carbocycles. The number of hydrogen-bond acceptors (Lipinski definition) is 6. The molecule has 0 aromatic heterocycles. The van der Waals surface area contributed by atoms with Crippen LogP contribution >= 0.6 is 11.6 Å². The molecule has 174 valence electrons. The van der Waals surface area contributed by atoms with Crippen molar-refractivity contribution >= 4 is 34.6 Å². The molecule has 1 aliphatic heterocycles. The van der Waals surface area contributed by atoms with Crippen LogP contribution in [0.2, 0.25) is 5.02 Å². The van der Waals surface area contributed by atoms with E-state index in [0.717, 1.165) is 36.4 Å². The van der Waals surface area contributed by atoms with E-state index in [4.69, 9.17) is 31.5 Å². The normalized spacial score (nSPS) is 13.2. The number of hydrogen-bond donors (Lipinski definition) is 1. The molecular weight excluding hydrogens is 430 g/mol. The van der Waals surface area contributed by atoms with Gasteiger partial charge in [-0.3, -0.25) is 4.79 Å². The van der Waals surface area contributed by atoms with Crippen LogP contribution in [0.3, 0.4) is 0 Å². The number of carbonyl (C=O) groups excluding carboxylic acids is 1. The number of rotatable bonds is 13. The van der Waals surface area contributed by atoms with E-state index in [2.05, 4.69) is 4.90 Å². The molecule has 0 spiro atoms. The average molecular weight is 462 g/mol. The third kappa shape index (κ3) is 6.21. The molecule has 1 heterocycles. The Kier molecular flexibility index (Phi) is 9.77. The van der Waals surface area contributed by atoms with Crippen LogP contribution in [-0.2, 0) is 14.2 Å². The average Bonchev–Trinajstić information content (AvgIpc) is 2.89. The third-order valence-electron chi connectivity index (χ3n) is 5.29. The summed E-state index contributed by atoms with van der Waals surface area (Å²) in [5.74, 6) is -0.0645. The molecule has 32 heavy (non-hydrogen) atoms. The van der Waals surface area contributed by atoms with Gasteiger partial charge in [0.1, 0.15) is 0 Å². The molecule has 8 heteroatoms. The SMILES string of the molecule is COCCOCCOCCN1C(=O)c2ccc(Cl)cc2N(CCCCN)c2ccccc21. The Morgan fingerprint density at radius 2 is 1.53 bits per heavy atom. The first kappa shape index (κ1) is 24.5. The van der Waals surface area contributed by atoms with E-state index in [0.29, 0.717) is 56.7 Å². The van der Waals surface area contributed by atoms with Gasteiger partial charge in [-0.2, -0.15) is 0 Å². The molecule has 0 aliphatic carbocycles. The van der Waals surface area contributed by atoms with Crippen LogP contribution in [0.1, 0.15) is 23.2 Å². The monoisotopic (exact) mass is 461 g/mol. The number of methoxy groups -OCH3 is 1. The molecule has 3 rings (SSSR count). The van der Waals surface area contributed by atoms with Gasteiger partial charge in [0.2, 0.25) is 0 Å². The number of amides is 1. The topological polar surface area (TPSA) is 77.3 Å². The van der Waals surface area contributed by atoms with Crippen LogP contribution in [0.4, 0.5) is 17.1 Å². The molecule has 1 amide bonds. The van der Waals surface area contributed by atoms with Crippen molar-refractivity contribution in [3.05, 3.63) is 53.1 Å². The quantitative estimate of drug-likeness (QED) is 0.456. The number of unbranched alkanes of at least 4 members (excludes halogenated alkanes) is 1. The van der Waals surface area contributed by atoms with Gasteiger partial charge >= 0.3 is 0 Å². The van der Waals surface area contributed by atoms with Crippen LogP contribution in [0, 0.1) is 0 Å². The van der Waals surface area contributed by atoms with E-state index in [9.17, 15) is 4.79 Å². The van der Waals surface area contributed by atoms with E-state index < -0.39 is 0 Å². The van der Waals surface area contributed by atoms with Crippen molar-refractivity contribution < 1.29 is 19.0 Å². The van der Waals surface area contributed by atoms with Gasteiger partial charge in [-0.15, -0.1) is 0 Å². The first-order valence-corrected chi connectivity index (χ1v) is 11.4. The molecule has 0 radical (unpaired) electrons. The van der Waals surface area contributed by atoms with Crippen molar-refractivity contribution in [3.63, 3.8) is 0 Å². The van der Waals surface area contributed by atoms with Crippen molar-refractivity contribution in [1.82, 2.24) is 0 Å². The standard InChI is InChI=1S/C24H32ClN3O4/c1-30-14-15-32-17-16-31-13-12-28-22-7-3-2-6-21(22)27(11-5-4-10-26)23-18-19(25)8-9-20(23)24(28)29/h2-3,6-9,18H,4-5,10-17,26H2,1H3. The van der Waals surface area contributed by atoms with Gasteiger partial charge in [0, 0.05) is 25.2 Å². The van der Waals surface area contributed by atoms with E-state index in [-0.39, 0.29) is 5.91 Å². The van der Waals surface area contributed by atoms with Crippen LogP contribution < -0.4 is 15.5 Å². The van der Waals surface area contributed by atoms with Crippen LogP contribution in [0.15, 0.2) is 42.5 Å². The number of ether oxygens (including phenoxy) is 3. The second-order valence-electron chi connectivity index (χ2n) is 7.47. The highest BCUT2D eigenvalue weighted by Gasteiger charge is 2.30. The fourth-order valence-electron chi connectivity index (χ4n) is 3.71. The van der Waals surface area contributed by atoms with Crippen LogP contribution in [-0.4, -0.2) is 65.7 Å². The number of halogens is 1. The minimum atomic E-state index is -0.0645. The number of benzene rings is 2. The summed E-state index contributed by atoms with van der Waals surface area (Å²) in [6.07, 6.45) is 1.82. The molecule has 0 bridgehead atoms. The maximum atomic E-state index is 13.6. The maximum Gasteiger partial charge on any atom is 0.260 e. The number of carbonyl (C=O) groups is 1. The summed E-state index contributed by atoms with van der Waals surface area (Å²) in [5.41, 5.74) is 8.99. The van der Waals surface area contributed by atoms with Gasteiger partial charge in [0.15, 0.2) is 0 Å². The molecule has 0 unspecified atom stereocenters. The molecule has 0 fully saturated rings. The zero-order chi connectivity index (χ0) is 22.8. The van der Waals surface area contributed by atoms with Gasteiger partial charge in [-0.05, 0) is 49.7 Å². The van der Waals surface area contributed by atoms with Crippen LogP contribution in [0.25, 0.3) is 0 Å². The number of nitrogens with zero attached hydrogens (tertiary/aromatic N) is 2. The minimum Gasteiger partial charge on any atom is -0.382 e. The van der Waals surface area contributed by atoms with Gasteiger partial charge in [0.05, 0.1) is 55.7 Å². The molecule has 1 aliphatic rings. The zero-order valence-electron chi connectivity index (χ0n) is 18.6. The van der Waals surface area contributed by atoms with E-state index >= 15 is 0 Å². The highest BCUT2D eigenvalue weighted by molar-refractivity contribution is 6.31. The molecule has 7 nitrogen and oxygen atoms in total. The summed E-state index contributed by atoms with van der Waals surface area (Å²) in [7, 11) is 1.64. The summed E-state index contributed by atoms with van der Waals surface area (Å²) in [4.78, 5) is 17.5. The van der Waals surface area contributed by atoms with Gasteiger partial charge in [-0.1, -0.05) is 23.7 Å². The predicted octanol–water partition coefficient (Wildman–Crippen LogP) is 3.86. The molecule has 0 atom stereocenters. The summed E-state index contributed by atoms with van der Waals surface area (Å²) < 4.78 is 16.1. The second-order valence-corrected chi connectivity index (χ2v) is 7.91. The number of anilines is 3. The summed E-state index contributed by atoms with van der Waals surface area (Å²) in [6, 6.07) is 13.4. The lowest BCUT2D eigenvalue weighted by atomic mass is 10.1. The fraction of sp³-hybridized carbons (Fsp3) is 0.458.